The number of piperazine rings is 1. The Balaban J connectivity index is 1.25. The second-order valence-corrected chi connectivity index (χ2v) is 7.82. The molecule has 7 nitrogen and oxygen atoms in total. The van der Waals surface area contributed by atoms with Gasteiger partial charge in [0.25, 0.3) is 0 Å². The molecule has 2 aliphatic carbocycles. The number of amides is 4. The molecule has 2 N–H and O–H groups in total. The average molecular weight is 364 g/mol. The zero-order chi connectivity index (χ0) is 18.4. The van der Waals surface area contributed by atoms with E-state index in [1.807, 2.05) is 9.80 Å². The number of nitrogens with one attached hydrogen (secondary N) is 2. The van der Waals surface area contributed by atoms with Crippen molar-refractivity contribution in [3.63, 3.8) is 0 Å². The number of urea groups is 1. The molecule has 3 aliphatic rings. The summed E-state index contributed by atoms with van der Waals surface area (Å²) in [7, 11) is 0. The molecule has 1 heterocycles. The molecule has 0 aromatic carbocycles. The van der Waals surface area contributed by atoms with Crippen molar-refractivity contribution < 1.29 is 14.4 Å². The third-order valence-corrected chi connectivity index (χ3v) is 5.66. The fourth-order valence-corrected chi connectivity index (χ4v) is 3.85. The Hall–Kier alpha value is -1.79. The molecular formula is C19H32N4O3. The Morgan fingerprint density at radius 1 is 0.846 bits per heavy atom. The quantitative estimate of drug-likeness (QED) is 0.701. The first-order valence-electron chi connectivity index (χ1n) is 10.2. The minimum absolute atomic E-state index is 0.114. The summed E-state index contributed by atoms with van der Waals surface area (Å²) >= 11 is 0. The Morgan fingerprint density at radius 2 is 1.50 bits per heavy atom. The molecule has 0 aromatic rings. The lowest BCUT2D eigenvalue weighted by molar-refractivity contribution is -0.140. The van der Waals surface area contributed by atoms with Gasteiger partial charge in [-0.15, -0.1) is 0 Å². The Bertz CT molecular complexity index is 507. The number of hydrogen-bond acceptors (Lipinski definition) is 3. The van der Waals surface area contributed by atoms with Gasteiger partial charge in [-0.1, -0.05) is 19.3 Å². The van der Waals surface area contributed by atoms with E-state index in [4.69, 9.17) is 0 Å². The van der Waals surface area contributed by atoms with Gasteiger partial charge < -0.3 is 20.4 Å². The van der Waals surface area contributed by atoms with E-state index in [1.54, 1.807) is 0 Å². The van der Waals surface area contributed by atoms with Crippen LogP contribution >= 0.6 is 0 Å². The molecule has 0 unspecified atom stereocenters. The molecule has 3 rings (SSSR count). The van der Waals surface area contributed by atoms with Crippen molar-refractivity contribution >= 4 is 17.8 Å². The van der Waals surface area contributed by atoms with Crippen molar-refractivity contribution in [1.29, 1.82) is 0 Å². The standard InChI is InChI=1S/C19H32N4O3/c24-17(22-11-13-23(14-12-22)18(25)15-8-9-15)7-4-10-20-19(26)21-16-5-2-1-3-6-16/h15-16H,1-14H2,(H2,20,21,26). The molecule has 0 radical (unpaired) electrons. The Labute approximate surface area is 155 Å². The van der Waals surface area contributed by atoms with E-state index in [0.717, 1.165) is 25.7 Å². The Morgan fingerprint density at radius 3 is 2.15 bits per heavy atom. The Kier molecular flexibility index (Phi) is 6.74. The van der Waals surface area contributed by atoms with Crippen LogP contribution in [0.25, 0.3) is 0 Å². The van der Waals surface area contributed by atoms with Gasteiger partial charge in [0.05, 0.1) is 0 Å². The van der Waals surface area contributed by atoms with E-state index in [1.165, 1.54) is 19.3 Å². The minimum Gasteiger partial charge on any atom is -0.339 e. The number of carbonyl (C=O) groups excluding carboxylic acids is 3. The normalized spacial score (nSPS) is 21.4. The largest absolute Gasteiger partial charge is 0.339 e. The maximum absolute atomic E-state index is 12.3. The number of rotatable bonds is 6. The summed E-state index contributed by atoms with van der Waals surface area (Å²) in [5, 5.41) is 5.87. The fraction of sp³-hybridized carbons (Fsp3) is 0.842. The van der Waals surface area contributed by atoms with E-state index < -0.39 is 0 Å². The van der Waals surface area contributed by atoms with Crippen molar-refractivity contribution in [3.8, 4) is 0 Å². The first kappa shape index (κ1) is 19.0. The second kappa shape index (κ2) is 9.24. The third-order valence-electron chi connectivity index (χ3n) is 5.66. The molecule has 0 spiro atoms. The van der Waals surface area contributed by atoms with Crippen molar-refractivity contribution in [2.45, 2.75) is 63.8 Å². The van der Waals surface area contributed by atoms with Gasteiger partial charge in [-0.3, -0.25) is 9.59 Å². The molecular weight excluding hydrogens is 332 g/mol. The topological polar surface area (TPSA) is 81.8 Å². The van der Waals surface area contributed by atoms with Crippen LogP contribution in [0.1, 0.15) is 57.8 Å². The molecule has 0 bridgehead atoms. The van der Waals surface area contributed by atoms with Crippen molar-refractivity contribution in [3.05, 3.63) is 0 Å². The minimum atomic E-state index is -0.114. The fourth-order valence-electron chi connectivity index (χ4n) is 3.85. The van der Waals surface area contributed by atoms with Crippen molar-refractivity contribution in [2.24, 2.45) is 5.92 Å². The molecule has 7 heteroatoms. The number of carbonyl (C=O) groups is 3. The summed E-state index contributed by atoms with van der Waals surface area (Å²) < 4.78 is 0. The zero-order valence-corrected chi connectivity index (χ0v) is 15.7. The molecule has 3 fully saturated rings. The van der Waals surface area contributed by atoms with Crippen LogP contribution in [0.15, 0.2) is 0 Å². The summed E-state index contributed by atoms with van der Waals surface area (Å²) in [5.41, 5.74) is 0. The lowest BCUT2D eigenvalue weighted by Gasteiger charge is -2.35. The number of nitrogens with zero attached hydrogens (tertiary/aromatic N) is 2. The van der Waals surface area contributed by atoms with Crippen LogP contribution in [-0.4, -0.2) is 66.4 Å². The van der Waals surface area contributed by atoms with Gasteiger partial charge in [-0.2, -0.15) is 0 Å². The van der Waals surface area contributed by atoms with Crippen LogP contribution in [0.2, 0.25) is 0 Å². The van der Waals surface area contributed by atoms with Gasteiger partial charge in [0.15, 0.2) is 0 Å². The highest BCUT2D eigenvalue weighted by Crippen LogP contribution is 2.31. The van der Waals surface area contributed by atoms with Crippen LogP contribution in [0.4, 0.5) is 4.79 Å². The summed E-state index contributed by atoms with van der Waals surface area (Å²) in [4.78, 5) is 39.9. The molecule has 1 saturated heterocycles. The van der Waals surface area contributed by atoms with E-state index in [9.17, 15) is 14.4 Å². The van der Waals surface area contributed by atoms with Crippen LogP contribution in [0.5, 0.6) is 0 Å². The molecule has 4 amide bonds. The van der Waals surface area contributed by atoms with Crippen LogP contribution in [0, 0.1) is 5.92 Å². The smallest absolute Gasteiger partial charge is 0.315 e. The highest BCUT2D eigenvalue weighted by atomic mass is 16.2. The average Bonchev–Trinajstić information content (AvgIpc) is 3.51. The molecule has 1 aliphatic heterocycles. The maximum Gasteiger partial charge on any atom is 0.315 e. The first-order valence-corrected chi connectivity index (χ1v) is 10.2. The maximum atomic E-state index is 12.3. The predicted molar refractivity (Wildman–Crippen MR) is 98.5 cm³/mol. The first-order chi connectivity index (χ1) is 12.6. The van der Waals surface area contributed by atoms with Gasteiger partial charge in [-0.25, -0.2) is 4.79 Å². The summed E-state index contributed by atoms with van der Waals surface area (Å²) in [6.07, 6.45) is 8.95. The molecule has 146 valence electrons. The van der Waals surface area contributed by atoms with E-state index in [-0.39, 0.29) is 23.8 Å². The summed E-state index contributed by atoms with van der Waals surface area (Å²) in [6.45, 7) is 3.09. The molecule has 26 heavy (non-hydrogen) atoms. The zero-order valence-electron chi connectivity index (χ0n) is 15.7. The molecule has 0 atom stereocenters. The van der Waals surface area contributed by atoms with Crippen LogP contribution < -0.4 is 10.6 Å². The van der Waals surface area contributed by atoms with E-state index in [2.05, 4.69) is 10.6 Å². The van der Waals surface area contributed by atoms with Gasteiger partial charge >= 0.3 is 6.03 Å². The van der Waals surface area contributed by atoms with Gasteiger partial charge in [0.1, 0.15) is 0 Å². The molecule has 2 saturated carbocycles. The predicted octanol–water partition coefficient (Wildman–Crippen LogP) is 1.48. The SMILES string of the molecule is O=C(NCCCC(=O)N1CCN(C(=O)C2CC2)CC1)NC1CCCCC1. The highest BCUT2D eigenvalue weighted by molar-refractivity contribution is 5.82. The van der Waals surface area contributed by atoms with Gasteiger partial charge in [-0.05, 0) is 32.1 Å². The van der Waals surface area contributed by atoms with Crippen molar-refractivity contribution in [2.75, 3.05) is 32.7 Å². The van der Waals surface area contributed by atoms with Crippen LogP contribution in [-0.2, 0) is 9.59 Å². The third kappa shape index (κ3) is 5.61. The van der Waals surface area contributed by atoms with Crippen LogP contribution in [0.3, 0.4) is 0 Å². The highest BCUT2D eigenvalue weighted by Gasteiger charge is 2.35. The monoisotopic (exact) mass is 364 g/mol. The van der Waals surface area contributed by atoms with Gasteiger partial charge in [0.2, 0.25) is 11.8 Å². The lowest BCUT2D eigenvalue weighted by Crippen LogP contribution is -2.51. The van der Waals surface area contributed by atoms with Gasteiger partial charge in [0, 0.05) is 51.1 Å². The lowest BCUT2D eigenvalue weighted by atomic mass is 9.96. The summed E-state index contributed by atoms with van der Waals surface area (Å²) in [5.74, 6) is 0.645. The van der Waals surface area contributed by atoms with E-state index >= 15 is 0 Å². The summed E-state index contributed by atoms with van der Waals surface area (Å²) in [6, 6.07) is 0.191. The van der Waals surface area contributed by atoms with E-state index in [0.29, 0.717) is 51.6 Å². The van der Waals surface area contributed by atoms with Crippen molar-refractivity contribution in [1.82, 2.24) is 20.4 Å². The number of hydrogen-bond donors (Lipinski definition) is 2. The second-order valence-electron chi connectivity index (χ2n) is 7.82. The molecule has 0 aromatic heterocycles.